The fraction of sp³-hybridized carbons (Fsp3) is 0.500. The third kappa shape index (κ3) is 3.03. The number of fused-ring (bicyclic) bond motifs is 1. The van der Waals surface area contributed by atoms with Gasteiger partial charge in [-0.25, -0.2) is 17.7 Å². The minimum atomic E-state index is -3.24. The van der Waals surface area contributed by atoms with Crippen molar-refractivity contribution in [2.24, 2.45) is 7.05 Å². The summed E-state index contributed by atoms with van der Waals surface area (Å²) in [4.78, 5) is 19.2. The summed E-state index contributed by atoms with van der Waals surface area (Å²) in [5.74, 6) is 0.588. The summed E-state index contributed by atoms with van der Waals surface area (Å²) in [6, 6.07) is 7.16. The standard InChI is InChI=1S/C16H22N4O3S/c1-18-15(21)13-8-4-5-9-14(13)17-16(18)20-10-6-7-12(11-20)19(2)24(3,22)23/h4-5,8-9,12H,6-7,10-11H2,1-3H3. The van der Waals surface area contributed by atoms with E-state index in [4.69, 9.17) is 0 Å². The minimum absolute atomic E-state index is 0.0887. The second-order valence-electron chi connectivity index (χ2n) is 6.31. The SMILES string of the molecule is CN(C1CCCN(c2nc3ccccc3c(=O)n2C)C1)S(C)(=O)=O. The number of aromatic nitrogens is 2. The molecule has 1 aliphatic rings. The highest BCUT2D eigenvalue weighted by Crippen LogP contribution is 2.22. The van der Waals surface area contributed by atoms with Crippen molar-refractivity contribution in [3.8, 4) is 0 Å². The van der Waals surface area contributed by atoms with Crippen LogP contribution in [0.15, 0.2) is 29.1 Å². The van der Waals surface area contributed by atoms with Gasteiger partial charge in [-0.05, 0) is 25.0 Å². The molecule has 24 heavy (non-hydrogen) atoms. The quantitative estimate of drug-likeness (QED) is 0.818. The molecule has 2 heterocycles. The van der Waals surface area contributed by atoms with Crippen LogP contribution in [0.3, 0.4) is 0 Å². The van der Waals surface area contributed by atoms with Crippen LogP contribution < -0.4 is 10.5 Å². The number of hydrogen-bond acceptors (Lipinski definition) is 5. The number of nitrogens with zero attached hydrogens (tertiary/aromatic N) is 4. The molecular weight excluding hydrogens is 328 g/mol. The smallest absolute Gasteiger partial charge is 0.262 e. The van der Waals surface area contributed by atoms with E-state index in [1.807, 2.05) is 23.1 Å². The molecule has 0 radical (unpaired) electrons. The molecule has 1 atom stereocenters. The highest BCUT2D eigenvalue weighted by molar-refractivity contribution is 7.88. The average Bonchev–Trinajstić information content (AvgIpc) is 2.56. The van der Waals surface area contributed by atoms with Crippen LogP contribution in [0, 0.1) is 0 Å². The van der Waals surface area contributed by atoms with E-state index < -0.39 is 10.0 Å². The summed E-state index contributed by atoms with van der Waals surface area (Å²) in [6.07, 6.45) is 2.88. The van der Waals surface area contributed by atoms with Gasteiger partial charge in [0.05, 0.1) is 17.2 Å². The van der Waals surface area contributed by atoms with Crippen LogP contribution >= 0.6 is 0 Å². The van der Waals surface area contributed by atoms with Crippen molar-refractivity contribution in [1.29, 1.82) is 0 Å². The largest absolute Gasteiger partial charge is 0.341 e. The summed E-state index contributed by atoms with van der Waals surface area (Å²) >= 11 is 0. The Morgan fingerprint density at radius 2 is 2.00 bits per heavy atom. The first-order valence-electron chi connectivity index (χ1n) is 7.93. The molecule has 2 aromatic rings. The highest BCUT2D eigenvalue weighted by atomic mass is 32.2. The summed E-state index contributed by atoms with van der Waals surface area (Å²) in [7, 11) is 0.0735. The molecule has 1 fully saturated rings. The van der Waals surface area contributed by atoms with Crippen molar-refractivity contribution < 1.29 is 8.42 Å². The van der Waals surface area contributed by atoms with E-state index in [9.17, 15) is 13.2 Å². The van der Waals surface area contributed by atoms with Gasteiger partial charge >= 0.3 is 0 Å². The first-order valence-corrected chi connectivity index (χ1v) is 9.77. The molecule has 1 saturated heterocycles. The van der Waals surface area contributed by atoms with Gasteiger partial charge in [0, 0.05) is 33.2 Å². The van der Waals surface area contributed by atoms with E-state index in [-0.39, 0.29) is 11.6 Å². The average molecular weight is 350 g/mol. The molecule has 0 N–H and O–H groups in total. The molecule has 1 aromatic heterocycles. The van der Waals surface area contributed by atoms with Crippen molar-refractivity contribution in [2.75, 3.05) is 31.3 Å². The minimum Gasteiger partial charge on any atom is -0.341 e. The molecule has 0 spiro atoms. The highest BCUT2D eigenvalue weighted by Gasteiger charge is 2.29. The third-order valence-corrected chi connectivity index (χ3v) is 6.02. The predicted octanol–water partition coefficient (Wildman–Crippen LogP) is 0.794. The van der Waals surface area contributed by atoms with Gasteiger partial charge in [0.2, 0.25) is 16.0 Å². The van der Waals surface area contributed by atoms with Crippen molar-refractivity contribution in [1.82, 2.24) is 13.9 Å². The molecule has 1 aromatic carbocycles. The normalized spacial score (nSPS) is 19.2. The van der Waals surface area contributed by atoms with Crippen molar-refractivity contribution in [2.45, 2.75) is 18.9 Å². The number of piperidine rings is 1. The lowest BCUT2D eigenvalue weighted by atomic mass is 10.1. The second kappa shape index (κ2) is 6.18. The summed E-state index contributed by atoms with van der Waals surface area (Å²) < 4.78 is 26.6. The number of rotatable bonds is 3. The Morgan fingerprint density at radius 3 is 2.71 bits per heavy atom. The Balaban J connectivity index is 1.98. The van der Waals surface area contributed by atoms with E-state index >= 15 is 0 Å². The van der Waals surface area contributed by atoms with Crippen molar-refractivity contribution in [3.05, 3.63) is 34.6 Å². The van der Waals surface area contributed by atoms with E-state index in [0.29, 0.717) is 23.4 Å². The van der Waals surface area contributed by atoms with Crippen LogP contribution in [0.4, 0.5) is 5.95 Å². The lowest BCUT2D eigenvalue weighted by Crippen LogP contribution is -2.49. The van der Waals surface area contributed by atoms with Gasteiger partial charge in [0.25, 0.3) is 5.56 Å². The van der Waals surface area contributed by atoms with Crippen LogP contribution in [0.5, 0.6) is 0 Å². The van der Waals surface area contributed by atoms with Crippen LogP contribution in [-0.4, -0.2) is 54.7 Å². The summed E-state index contributed by atoms with van der Waals surface area (Å²) in [5, 5.41) is 0.588. The maximum absolute atomic E-state index is 12.6. The Kier molecular flexibility index (Phi) is 4.35. The third-order valence-electron chi connectivity index (χ3n) is 4.68. The number of hydrogen-bond donors (Lipinski definition) is 0. The molecule has 0 saturated carbocycles. The molecule has 1 aliphatic heterocycles. The lowest BCUT2D eigenvalue weighted by Gasteiger charge is -2.37. The van der Waals surface area contributed by atoms with Crippen LogP contribution in [-0.2, 0) is 17.1 Å². The molecule has 0 bridgehead atoms. The van der Waals surface area contributed by atoms with Crippen LogP contribution in [0.1, 0.15) is 12.8 Å². The van der Waals surface area contributed by atoms with Gasteiger partial charge in [0.1, 0.15) is 0 Å². The zero-order chi connectivity index (χ0) is 17.5. The van der Waals surface area contributed by atoms with Gasteiger partial charge in [-0.3, -0.25) is 9.36 Å². The fourth-order valence-electron chi connectivity index (χ4n) is 3.19. The maximum atomic E-state index is 12.6. The number of benzene rings is 1. The van der Waals surface area contributed by atoms with E-state index in [1.165, 1.54) is 10.6 Å². The monoisotopic (exact) mass is 350 g/mol. The van der Waals surface area contributed by atoms with Crippen LogP contribution in [0.2, 0.25) is 0 Å². The van der Waals surface area contributed by atoms with Gasteiger partial charge in [0.15, 0.2) is 0 Å². The van der Waals surface area contributed by atoms with E-state index in [1.54, 1.807) is 24.7 Å². The predicted molar refractivity (Wildman–Crippen MR) is 94.8 cm³/mol. The van der Waals surface area contributed by atoms with E-state index in [2.05, 4.69) is 4.98 Å². The first-order chi connectivity index (χ1) is 11.3. The Hall–Kier alpha value is -1.93. The Morgan fingerprint density at radius 1 is 1.29 bits per heavy atom. The van der Waals surface area contributed by atoms with Gasteiger partial charge in [-0.1, -0.05) is 12.1 Å². The lowest BCUT2D eigenvalue weighted by molar-refractivity contribution is 0.319. The molecule has 130 valence electrons. The molecular formula is C16H22N4O3S. The molecule has 0 aliphatic carbocycles. The maximum Gasteiger partial charge on any atom is 0.262 e. The van der Waals surface area contributed by atoms with Crippen LogP contribution in [0.25, 0.3) is 10.9 Å². The fourth-order valence-corrected chi connectivity index (χ4v) is 3.91. The first kappa shape index (κ1) is 16.9. The molecule has 3 rings (SSSR count). The topological polar surface area (TPSA) is 75.5 Å². The summed E-state index contributed by atoms with van der Waals surface area (Å²) in [6.45, 7) is 1.29. The molecule has 8 heteroatoms. The van der Waals surface area contributed by atoms with Crippen molar-refractivity contribution in [3.63, 3.8) is 0 Å². The Labute approximate surface area is 141 Å². The van der Waals surface area contributed by atoms with Crippen molar-refractivity contribution >= 4 is 26.9 Å². The van der Waals surface area contributed by atoms with Gasteiger partial charge in [-0.15, -0.1) is 0 Å². The molecule has 0 amide bonds. The van der Waals surface area contributed by atoms with Gasteiger partial charge < -0.3 is 4.90 Å². The zero-order valence-corrected chi connectivity index (χ0v) is 15.0. The molecule has 1 unspecified atom stereocenters. The second-order valence-corrected chi connectivity index (χ2v) is 8.36. The van der Waals surface area contributed by atoms with E-state index in [0.717, 1.165) is 19.4 Å². The van der Waals surface area contributed by atoms with Gasteiger partial charge in [-0.2, -0.15) is 0 Å². The number of likely N-dealkylation sites (N-methyl/N-ethyl adjacent to an activating group) is 1. The Bertz CT molecular complexity index is 923. The summed E-state index contributed by atoms with van der Waals surface area (Å²) in [5.41, 5.74) is 0.573. The number of sulfonamides is 1. The zero-order valence-electron chi connectivity index (χ0n) is 14.1. The molecule has 7 nitrogen and oxygen atoms in total. The number of anilines is 1. The number of para-hydroxylation sites is 1.